The number of fused-ring (bicyclic) bond motifs is 1. The molecular weight excluding hydrogens is 245 g/mol. The number of carbonyl (C=O) groups excluding carboxylic acids is 1. The molecule has 3 rings (SSSR count). The van der Waals surface area contributed by atoms with Crippen molar-refractivity contribution in [2.45, 2.75) is 0 Å². The molecule has 2 aliphatic rings. The summed E-state index contributed by atoms with van der Waals surface area (Å²) in [5.74, 6) is 0.170. The van der Waals surface area contributed by atoms with Crippen LogP contribution in [0.1, 0.15) is 5.56 Å². The molecule has 19 heavy (non-hydrogen) atoms. The molecule has 0 aromatic heterocycles. The molecule has 2 fully saturated rings. The highest BCUT2D eigenvalue weighted by Crippen LogP contribution is 2.29. The summed E-state index contributed by atoms with van der Waals surface area (Å²) in [7, 11) is 0. The molecule has 0 saturated carbocycles. The van der Waals surface area contributed by atoms with Gasteiger partial charge in [0.1, 0.15) is 5.82 Å². The first kappa shape index (κ1) is 12.4. The summed E-state index contributed by atoms with van der Waals surface area (Å²) in [6.45, 7) is 3.10. The Hall–Kier alpha value is -1.68. The summed E-state index contributed by atoms with van der Waals surface area (Å²) in [5.41, 5.74) is 0.986. The summed E-state index contributed by atoms with van der Waals surface area (Å²) >= 11 is 0. The van der Waals surface area contributed by atoms with Crippen LogP contribution in [0, 0.1) is 17.7 Å². The van der Waals surface area contributed by atoms with E-state index < -0.39 is 0 Å². The third-order valence-corrected chi connectivity index (χ3v) is 3.80. The number of benzene rings is 1. The number of nitrogens with zero attached hydrogens (tertiary/aromatic N) is 1. The number of hydrogen-bond acceptors (Lipinski definition) is 3. The van der Waals surface area contributed by atoms with Crippen LogP contribution in [0.25, 0.3) is 6.08 Å². The largest absolute Gasteiger partial charge is 0.465 e. The van der Waals surface area contributed by atoms with E-state index in [4.69, 9.17) is 4.74 Å². The molecule has 1 aromatic rings. The van der Waals surface area contributed by atoms with Crippen molar-refractivity contribution < 1.29 is 13.9 Å². The van der Waals surface area contributed by atoms with Gasteiger partial charge >= 0.3 is 5.97 Å². The minimum Gasteiger partial charge on any atom is -0.465 e. The van der Waals surface area contributed by atoms with Crippen molar-refractivity contribution in [3.8, 4) is 0 Å². The number of rotatable bonds is 3. The first-order valence-corrected chi connectivity index (χ1v) is 6.53. The van der Waals surface area contributed by atoms with Crippen molar-refractivity contribution in [1.82, 2.24) is 4.90 Å². The van der Waals surface area contributed by atoms with Gasteiger partial charge in [0.05, 0.1) is 12.5 Å². The summed E-state index contributed by atoms with van der Waals surface area (Å²) in [6, 6.07) is 6.41. The van der Waals surface area contributed by atoms with Crippen LogP contribution in [-0.4, -0.2) is 37.1 Å². The third kappa shape index (κ3) is 2.68. The molecule has 0 radical (unpaired) electrons. The summed E-state index contributed by atoms with van der Waals surface area (Å²) in [6.07, 6.45) is 4.03. The van der Waals surface area contributed by atoms with Gasteiger partial charge in [-0.3, -0.25) is 9.69 Å². The highest BCUT2D eigenvalue weighted by atomic mass is 19.1. The molecule has 100 valence electrons. The van der Waals surface area contributed by atoms with Crippen LogP contribution >= 0.6 is 0 Å². The lowest BCUT2D eigenvalue weighted by Crippen LogP contribution is -2.24. The van der Waals surface area contributed by atoms with Crippen molar-refractivity contribution >= 4 is 12.0 Å². The minimum atomic E-state index is -0.219. The second kappa shape index (κ2) is 5.13. The van der Waals surface area contributed by atoms with Crippen molar-refractivity contribution in [3.63, 3.8) is 0 Å². The summed E-state index contributed by atoms with van der Waals surface area (Å²) in [4.78, 5) is 13.7. The maximum Gasteiger partial charge on any atom is 0.310 e. The van der Waals surface area contributed by atoms with E-state index in [0.717, 1.165) is 25.2 Å². The predicted octanol–water partition coefficient (Wildman–Crippen LogP) is 1.94. The van der Waals surface area contributed by atoms with Crippen LogP contribution in [0.4, 0.5) is 4.39 Å². The number of carbonyl (C=O) groups is 1. The van der Waals surface area contributed by atoms with Gasteiger partial charge in [-0.05, 0) is 17.7 Å². The molecule has 2 aliphatic heterocycles. The van der Waals surface area contributed by atoms with Gasteiger partial charge < -0.3 is 4.74 Å². The van der Waals surface area contributed by atoms with Crippen LogP contribution in [0.15, 0.2) is 30.3 Å². The van der Waals surface area contributed by atoms with Gasteiger partial charge in [-0.25, -0.2) is 4.39 Å². The van der Waals surface area contributed by atoms with Crippen LogP contribution in [0.2, 0.25) is 0 Å². The van der Waals surface area contributed by atoms with E-state index in [1.165, 1.54) is 12.1 Å². The van der Waals surface area contributed by atoms with Crippen LogP contribution < -0.4 is 0 Å². The number of cyclic esters (lactones) is 1. The molecule has 0 unspecified atom stereocenters. The van der Waals surface area contributed by atoms with Gasteiger partial charge in [0, 0.05) is 25.6 Å². The average molecular weight is 261 g/mol. The third-order valence-electron chi connectivity index (χ3n) is 3.80. The van der Waals surface area contributed by atoms with Gasteiger partial charge in [0.2, 0.25) is 0 Å². The van der Waals surface area contributed by atoms with Crippen molar-refractivity contribution in [2.24, 2.45) is 11.8 Å². The molecule has 0 spiro atoms. The second-order valence-electron chi connectivity index (χ2n) is 5.17. The Morgan fingerprint density at radius 3 is 2.84 bits per heavy atom. The fraction of sp³-hybridized carbons (Fsp3) is 0.400. The molecule has 1 aromatic carbocycles. The number of ether oxygens (including phenoxy) is 1. The molecule has 3 nitrogen and oxygen atoms in total. The zero-order chi connectivity index (χ0) is 13.2. The smallest absolute Gasteiger partial charge is 0.310 e. The Morgan fingerprint density at radius 1 is 1.32 bits per heavy atom. The van der Waals surface area contributed by atoms with E-state index in [-0.39, 0.29) is 17.7 Å². The van der Waals surface area contributed by atoms with Gasteiger partial charge in [-0.2, -0.15) is 0 Å². The minimum absolute atomic E-state index is 0.0463. The SMILES string of the molecule is O=C1OC[C@H]2CN(C/C=C/c3ccc(F)cc3)C[C@@H]12. The number of hydrogen-bond donors (Lipinski definition) is 0. The molecule has 2 atom stereocenters. The van der Waals surface area contributed by atoms with Crippen LogP contribution in [-0.2, 0) is 9.53 Å². The Balaban J connectivity index is 1.53. The molecule has 0 amide bonds. The van der Waals surface area contributed by atoms with Crippen molar-refractivity contribution in [2.75, 3.05) is 26.2 Å². The first-order valence-electron chi connectivity index (χ1n) is 6.53. The fourth-order valence-corrected chi connectivity index (χ4v) is 2.75. The highest BCUT2D eigenvalue weighted by molar-refractivity contribution is 5.75. The second-order valence-corrected chi connectivity index (χ2v) is 5.17. The lowest BCUT2D eigenvalue weighted by atomic mass is 10.0. The number of halogens is 1. The molecule has 4 heteroatoms. The van der Waals surface area contributed by atoms with Gasteiger partial charge in [0.25, 0.3) is 0 Å². The van der Waals surface area contributed by atoms with Gasteiger partial charge in [0.15, 0.2) is 0 Å². The number of esters is 1. The Bertz CT molecular complexity index is 497. The van der Waals surface area contributed by atoms with E-state index in [9.17, 15) is 9.18 Å². The lowest BCUT2D eigenvalue weighted by Gasteiger charge is -2.13. The van der Waals surface area contributed by atoms with Crippen molar-refractivity contribution in [1.29, 1.82) is 0 Å². The average Bonchev–Trinajstić information content (AvgIpc) is 2.95. The maximum atomic E-state index is 12.7. The van der Waals surface area contributed by atoms with E-state index in [1.54, 1.807) is 12.1 Å². The molecule has 0 aliphatic carbocycles. The number of likely N-dealkylation sites (tertiary alicyclic amines) is 1. The quantitative estimate of drug-likeness (QED) is 0.779. The van der Waals surface area contributed by atoms with E-state index >= 15 is 0 Å². The van der Waals surface area contributed by atoms with Crippen LogP contribution in [0.3, 0.4) is 0 Å². The zero-order valence-corrected chi connectivity index (χ0v) is 10.6. The molecule has 0 N–H and O–H groups in total. The fourth-order valence-electron chi connectivity index (χ4n) is 2.75. The first-order chi connectivity index (χ1) is 9.22. The van der Waals surface area contributed by atoms with Gasteiger partial charge in [-0.1, -0.05) is 24.3 Å². The Morgan fingerprint density at radius 2 is 2.11 bits per heavy atom. The van der Waals surface area contributed by atoms with Crippen LogP contribution in [0.5, 0.6) is 0 Å². The van der Waals surface area contributed by atoms with E-state index in [0.29, 0.717) is 12.5 Å². The highest BCUT2D eigenvalue weighted by Gasteiger charge is 2.43. The van der Waals surface area contributed by atoms with Crippen molar-refractivity contribution in [3.05, 3.63) is 41.7 Å². The summed E-state index contributed by atoms with van der Waals surface area (Å²) in [5, 5.41) is 0. The maximum absolute atomic E-state index is 12.7. The monoisotopic (exact) mass is 261 g/mol. The standard InChI is InChI=1S/C15H16FNO2/c16-13-5-3-11(4-6-13)2-1-7-17-8-12-10-19-15(18)14(12)9-17/h1-6,12,14H,7-10H2/b2-1+/t12-,14-/m1/s1. The van der Waals surface area contributed by atoms with E-state index in [2.05, 4.69) is 11.0 Å². The Labute approximate surface area is 111 Å². The topological polar surface area (TPSA) is 29.5 Å². The predicted molar refractivity (Wildman–Crippen MR) is 69.8 cm³/mol. The van der Waals surface area contributed by atoms with E-state index in [1.807, 2.05) is 6.08 Å². The van der Waals surface area contributed by atoms with Gasteiger partial charge in [-0.15, -0.1) is 0 Å². The normalized spacial score (nSPS) is 26.9. The molecular formula is C15H16FNO2. The molecule has 2 saturated heterocycles. The zero-order valence-electron chi connectivity index (χ0n) is 10.6. The molecule has 0 bridgehead atoms. The summed E-state index contributed by atoms with van der Waals surface area (Å²) < 4.78 is 17.8. The Kier molecular flexibility index (Phi) is 3.34. The lowest BCUT2D eigenvalue weighted by molar-refractivity contribution is -0.141. The molecule has 2 heterocycles.